The maximum atomic E-state index is 10.6. The van der Waals surface area contributed by atoms with Crippen LogP contribution in [-0.2, 0) is 9.63 Å². The standard InChI is InChI=1S/C9H12N2O2/c1-7-2-4-8(5-3-7)11-13-9(12)6-10/h2-5,11H,6,10H2,1H3. The van der Waals surface area contributed by atoms with Gasteiger partial charge in [0.25, 0.3) is 0 Å². The Hall–Kier alpha value is -1.55. The van der Waals surface area contributed by atoms with Gasteiger partial charge in [0, 0.05) is 0 Å². The van der Waals surface area contributed by atoms with E-state index < -0.39 is 5.97 Å². The van der Waals surface area contributed by atoms with Crippen LogP contribution in [0.4, 0.5) is 5.69 Å². The average molecular weight is 180 g/mol. The van der Waals surface area contributed by atoms with E-state index in [1.807, 2.05) is 31.2 Å². The molecular weight excluding hydrogens is 168 g/mol. The van der Waals surface area contributed by atoms with Gasteiger partial charge in [0.05, 0.1) is 12.2 Å². The highest BCUT2D eigenvalue weighted by molar-refractivity contribution is 5.72. The van der Waals surface area contributed by atoms with Crippen molar-refractivity contribution in [1.29, 1.82) is 0 Å². The molecule has 0 aliphatic rings. The quantitative estimate of drug-likeness (QED) is 0.676. The summed E-state index contributed by atoms with van der Waals surface area (Å²) in [6.45, 7) is 1.86. The molecule has 0 atom stereocenters. The molecule has 4 nitrogen and oxygen atoms in total. The summed E-state index contributed by atoms with van der Waals surface area (Å²) in [5.41, 5.74) is 9.42. The van der Waals surface area contributed by atoms with Crippen LogP contribution in [0.1, 0.15) is 5.56 Å². The van der Waals surface area contributed by atoms with E-state index in [0.29, 0.717) is 0 Å². The van der Waals surface area contributed by atoms with Gasteiger partial charge in [-0.3, -0.25) is 0 Å². The zero-order chi connectivity index (χ0) is 9.68. The van der Waals surface area contributed by atoms with Crippen LogP contribution >= 0.6 is 0 Å². The van der Waals surface area contributed by atoms with Crippen LogP contribution in [0.2, 0.25) is 0 Å². The molecule has 0 amide bonds. The topological polar surface area (TPSA) is 64.3 Å². The molecule has 0 bridgehead atoms. The summed E-state index contributed by atoms with van der Waals surface area (Å²) in [7, 11) is 0. The van der Waals surface area contributed by atoms with Gasteiger partial charge in [0.15, 0.2) is 0 Å². The number of carbonyl (C=O) groups excluding carboxylic acids is 1. The van der Waals surface area contributed by atoms with E-state index in [1.165, 1.54) is 0 Å². The van der Waals surface area contributed by atoms with Crippen LogP contribution in [0, 0.1) is 6.92 Å². The first-order chi connectivity index (χ1) is 6.22. The first kappa shape index (κ1) is 9.54. The fourth-order valence-corrected chi connectivity index (χ4v) is 0.779. The highest BCUT2D eigenvalue weighted by atomic mass is 16.7. The Labute approximate surface area is 76.6 Å². The number of carbonyl (C=O) groups is 1. The predicted octanol–water partition coefficient (Wildman–Crippen LogP) is 0.824. The van der Waals surface area contributed by atoms with Gasteiger partial charge in [-0.15, -0.1) is 0 Å². The van der Waals surface area contributed by atoms with Gasteiger partial charge in [0.2, 0.25) is 0 Å². The van der Waals surface area contributed by atoms with Crippen LogP contribution in [0.25, 0.3) is 0 Å². The van der Waals surface area contributed by atoms with Crippen molar-refractivity contribution in [2.75, 3.05) is 12.0 Å². The average Bonchev–Trinajstić information content (AvgIpc) is 2.16. The van der Waals surface area contributed by atoms with Crippen LogP contribution in [0.15, 0.2) is 24.3 Å². The number of nitrogens with two attached hydrogens (primary N) is 1. The van der Waals surface area contributed by atoms with E-state index in [-0.39, 0.29) is 6.54 Å². The Kier molecular flexibility index (Phi) is 3.28. The highest BCUT2D eigenvalue weighted by Crippen LogP contribution is 2.07. The maximum absolute atomic E-state index is 10.6. The summed E-state index contributed by atoms with van der Waals surface area (Å²) in [4.78, 5) is 15.2. The highest BCUT2D eigenvalue weighted by Gasteiger charge is 1.97. The molecule has 0 fully saturated rings. The maximum Gasteiger partial charge on any atom is 0.345 e. The minimum atomic E-state index is -0.486. The first-order valence-electron chi connectivity index (χ1n) is 3.95. The number of hydrogen-bond acceptors (Lipinski definition) is 4. The molecule has 70 valence electrons. The van der Waals surface area contributed by atoms with Gasteiger partial charge in [0.1, 0.15) is 0 Å². The molecule has 0 unspecified atom stereocenters. The molecule has 0 radical (unpaired) electrons. The molecule has 1 aromatic carbocycles. The molecule has 0 saturated heterocycles. The number of hydrogen-bond donors (Lipinski definition) is 2. The molecule has 0 heterocycles. The fraction of sp³-hybridized carbons (Fsp3) is 0.222. The number of nitrogens with one attached hydrogen (secondary N) is 1. The summed E-state index contributed by atoms with van der Waals surface area (Å²) in [6, 6.07) is 7.47. The third kappa shape index (κ3) is 3.13. The van der Waals surface area contributed by atoms with E-state index in [4.69, 9.17) is 5.73 Å². The minimum Gasteiger partial charge on any atom is -0.342 e. The lowest BCUT2D eigenvalue weighted by Crippen LogP contribution is -2.19. The van der Waals surface area contributed by atoms with Crippen LogP contribution in [0.5, 0.6) is 0 Å². The van der Waals surface area contributed by atoms with E-state index >= 15 is 0 Å². The first-order valence-corrected chi connectivity index (χ1v) is 3.95. The molecule has 3 N–H and O–H groups in total. The zero-order valence-corrected chi connectivity index (χ0v) is 7.41. The molecule has 4 heteroatoms. The van der Waals surface area contributed by atoms with Crippen LogP contribution in [-0.4, -0.2) is 12.5 Å². The monoisotopic (exact) mass is 180 g/mol. The Morgan fingerprint density at radius 2 is 2.08 bits per heavy atom. The van der Waals surface area contributed by atoms with Crippen molar-refractivity contribution < 1.29 is 9.63 Å². The van der Waals surface area contributed by atoms with Gasteiger partial charge < -0.3 is 10.6 Å². The Bertz CT molecular complexity index is 282. The van der Waals surface area contributed by atoms with Crippen molar-refractivity contribution in [2.24, 2.45) is 5.73 Å². The molecular formula is C9H12N2O2. The van der Waals surface area contributed by atoms with Gasteiger partial charge in [-0.25, -0.2) is 10.3 Å². The molecule has 1 rings (SSSR count). The molecule has 0 aliphatic heterocycles. The third-order valence-electron chi connectivity index (χ3n) is 1.50. The summed E-state index contributed by atoms with van der Waals surface area (Å²) in [5.74, 6) is -0.486. The lowest BCUT2D eigenvalue weighted by atomic mass is 10.2. The second-order valence-corrected chi connectivity index (χ2v) is 2.65. The van der Waals surface area contributed by atoms with E-state index in [2.05, 4.69) is 10.3 Å². The molecule has 0 saturated carbocycles. The van der Waals surface area contributed by atoms with E-state index in [1.54, 1.807) is 0 Å². The number of rotatable bonds is 3. The molecule has 0 aliphatic carbocycles. The fourth-order valence-electron chi connectivity index (χ4n) is 0.779. The third-order valence-corrected chi connectivity index (χ3v) is 1.50. The molecule has 0 spiro atoms. The second-order valence-electron chi connectivity index (χ2n) is 2.65. The zero-order valence-electron chi connectivity index (χ0n) is 7.41. The Balaban J connectivity index is 2.46. The number of benzene rings is 1. The van der Waals surface area contributed by atoms with Crippen molar-refractivity contribution in [3.8, 4) is 0 Å². The number of anilines is 1. The smallest absolute Gasteiger partial charge is 0.342 e. The van der Waals surface area contributed by atoms with Gasteiger partial charge >= 0.3 is 5.97 Å². The minimum absolute atomic E-state index is 0.126. The van der Waals surface area contributed by atoms with Gasteiger partial charge in [-0.2, -0.15) is 0 Å². The Morgan fingerprint density at radius 1 is 1.46 bits per heavy atom. The van der Waals surface area contributed by atoms with Crippen molar-refractivity contribution in [2.45, 2.75) is 6.92 Å². The van der Waals surface area contributed by atoms with Crippen LogP contribution < -0.4 is 11.2 Å². The summed E-state index contributed by atoms with van der Waals surface area (Å²) >= 11 is 0. The van der Waals surface area contributed by atoms with Crippen molar-refractivity contribution in [1.82, 2.24) is 0 Å². The van der Waals surface area contributed by atoms with Crippen molar-refractivity contribution in [3.05, 3.63) is 29.8 Å². The van der Waals surface area contributed by atoms with E-state index in [0.717, 1.165) is 11.3 Å². The normalized spacial score (nSPS) is 9.38. The largest absolute Gasteiger partial charge is 0.345 e. The van der Waals surface area contributed by atoms with Gasteiger partial charge in [-0.1, -0.05) is 17.7 Å². The van der Waals surface area contributed by atoms with Crippen LogP contribution in [0.3, 0.4) is 0 Å². The summed E-state index contributed by atoms with van der Waals surface area (Å²) in [6.07, 6.45) is 0. The SMILES string of the molecule is Cc1ccc(NOC(=O)CN)cc1. The summed E-state index contributed by atoms with van der Waals surface area (Å²) in [5, 5.41) is 0. The molecule has 1 aromatic rings. The number of aryl methyl sites for hydroxylation is 1. The van der Waals surface area contributed by atoms with Gasteiger partial charge in [-0.05, 0) is 19.1 Å². The van der Waals surface area contributed by atoms with E-state index in [9.17, 15) is 4.79 Å². The van der Waals surface area contributed by atoms with Crippen molar-refractivity contribution >= 4 is 11.7 Å². The predicted molar refractivity (Wildman–Crippen MR) is 49.9 cm³/mol. The second kappa shape index (κ2) is 4.47. The Morgan fingerprint density at radius 3 is 2.62 bits per heavy atom. The lowest BCUT2D eigenvalue weighted by Gasteiger charge is -2.05. The molecule has 13 heavy (non-hydrogen) atoms. The summed E-state index contributed by atoms with van der Waals surface area (Å²) < 4.78 is 0. The lowest BCUT2D eigenvalue weighted by molar-refractivity contribution is -0.138. The molecule has 0 aromatic heterocycles. The van der Waals surface area contributed by atoms with Crippen molar-refractivity contribution in [3.63, 3.8) is 0 Å².